The smallest absolute Gasteiger partial charge is 0.274 e. The SMILES string of the molecule is CCCN(CC1CCCN1)C(=O)c1c[nH]c(=O)cn1. The summed E-state index contributed by atoms with van der Waals surface area (Å²) in [4.78, 5) is 31.5. The molecular formula is C13H20N4O2. The van der Waals surface area contributed by atoms with Crippen molar-refractivity contribution < 1.29 is 4.79 Å². The molecule has 6 nitrogen and oxygen atoms in total. The van der Waals surface area contributed by atoms with Gasteiger partial charge >= 0.3 is 0 Å². The molecule has 1 aromatic rings. The van der Waals surface area contributed by atoms with Gasteiger partial charge in [-0.05, 0) is 25.8 Å². The first-order chi connectivity index (χ1) is 9.20. The predicted octanol–water partition coefficient (Wildman–Crippen LogP) is 0.374. The molecule has 2 rings (SSSR count). The average Bonchev–Trinajstić information content (AvgIpc) is 2.91. The summed E-state index contributed by atoms with van der Waals surface area (Å²) in [5.41, 5.74) is 0.00194. The Morgan fingerprint density at radius 1 is 1.58 bits per heavy atom. The highest BCUT2D eigenvalue weighted by atomic mass is 16.2. The Morgan fingerprint density at radius 2 is 2.42 bits per heavy atom. The van der Waals surface area contributed by atoms with Gasteiger partial charge in [0.1, 0.15) is 5.69 Å². The molecule has 0 aliphatic carbocycles. The number of hydrogen-bond acceptors (Lipinski definition) is 4. The van der Waals surface area contributed by atoms with Gasteiger partial charge in [-0.2, -0.15) is 0 Å². The molecule has 0 spiro atoms. The van der Waals surface area contributed by atoms with Crippen molar-refractivity contribution in [2.75, 3.05) is 19.6 Å². The summed E-state index contributed by atoms with van der Waals surface area (Å²) in [5.74, 6) is -0.119. The van der Waals surface area contributed by atoms with Gasteiger partial charge < -0.3 is 15.2 Å². The van der Waals surface area contributed by atoms with Crippen molar-refractivity contribution in [3.05, 3.63) is 28.4 Å². The Morgan fingerprint density at radius 3 is 3.00 bits per heavy atom. The third-order valence-electron chi connectivity index (χ3n) is 3.28. The summed E-state index contributed by atoms with van der Waals surface area (Å²) in [6, 6.07) is 0.373. The van der Waals surface area contributed by atoms with Crippen LogP contribution in [0.2, 0.25) is 0 Å². The Balaban J connectivity index is 2.06. The van der Waals surface area contributed by atoms with E-state index in [1.54, 1.807) is 0 Å². The molecule has 2 heterocycles. The number of aromatic amines is 1. The molecule has 0 radical (unpaired) electrons. The van der Waals surface area contributed by atoms with E-state index in [4.69, 9.17) is 0 Å². The molecule has 1 aliphatic rings. The van der Waals surface area contributed by atoms with Crippen molar-refractivity contribution in [2.24, 2.45) is 0 Å². The zero-order chi connectivity index (χ0) is 13.7. The quantitative estimate of drug-likeness (QED) is 0.805. The summed E-state index contributed by atoms with van der Waals surface area (Å²) in [7, 11) is 0. The summed E-state index contributed by atoms with van der Waals surface area (Å²) < 4.78 is 0. The number of rotatable bonds is 5. The van der Waals surface area contributed by atoms with Gasteiger partial charge in [-0.25, -0.2) is 4.98 Å². The van der Waals surface area contributed by atoms with Crippen LogP contribution in [0.4, 0.5) is 0 Å². The van der Waals surface area contributed by atoms with Crippen LogP contribution >= 0.6 is 0 Å². The molecule has 1 aromatic heterocycles. The second kappa shape index (κ2) is 6.47. The lowest BCUT2D eigenvalue weighted by Gasteiger charge is -2.25. The van der Waals surface area contributed by atoms with Gasteiger partial charge in [-0.15, -0.1) is 0 Å². The molecule has 2 N–H and O–H groups in total. The Kier molecular flexibility index (Phi) is 4.68. The van der Waals surface area contributed by atoms with Crippen LogP contribution in [-0.2, 0) is 0 Å². The fraction of sp³-hybridized carbons (Fsp3) is 0.615. The molecule has 19 heavy (non-hydrogen) atoms. The van der Waals surface area contributed by atoms with Crippen LogP contribution in [0.25, 0.3) is 0 Å². The van der Waals surface area contributed by atoms with Gasteiger partial charge in [0, 0.05) is 25.3 Å². The molecule has 1 aliphatic heterocycles. The van der Waals surface area contributed by atoms with E-state index in [9.17, 15) is 9.59 Å². The minimum atomic E-state index is -0.295. The van der Waals surface area contributed by atoms with Gasteiger partial charge in [0.15, 0.2) is 0 Å². The highest BCUT2D eigenvalue weighted by molar-refractivity contribution is 5.91. The number of nitrogens with zero attached hydrogens (tertiary/aromatic N) is 2. The van der Waals surface area contributed by atoms with Gasteiger partial charge in [0.2, 0.25) is 0 Å². The third kappa shape index (κ3) is 3.64. The standard InChI is InChI=1S/C13H20N4O2/c1-2-6-17(9-10-4-3-5-14-10)13(19)11-7-16-12(18)8-15-11/h7-8,10,14H,2-6,9H2,1H3,(H,16,18). The van der Waals surface area contributed by atoms with Crippen LogP contribution < -0.4 is 10.9 Å². The van der Waals surface area contributed by atoms with Gasteiger partial charge in [-0.3, -0.25) is 9.59 Å². The lowest BCUT2D eigenvalue weighted by atomic mass is 10.2. The van der Waals surface area contributed by atoms with E-state index in [2.05, 4.69) is 15.3 Å². The van der Waals surface area contributed by atoms with E-state index < -0.39 is 0 Å². The maximum absolute atomic E-state index is 12.3. The summed E-state index contributed by atoms with van der Waals surface area (Å²) in [5, 5.41) is 3.39. The van der Waals surface area contributed by atoms with Crippen molar-refractivity contribution in [1.29, 1.82) is 0 Å². The minimum absolute atomic E-state index is 0.119. The van der Waals surface area contributed by atoms with E-state index in [1.165, 1.54) is 6.20 Å². The Hall–Kier alpha value is -1.69. The molecule has 1 amide bonds. The first kappa shape index (κ1) is 13.7. The van der Waals surface area contributed by atoms with Crippen LogP contribution in [0.3, 0.4) is 0 Å². The number of hydrogen-bond donors (Lipinski definition) is 2. The van der Waals surface area contributed by atoms with Crippen LogP contribution in [0.5, 0.6) is 0 Å². The first-order valence-electron chi connectivity index (χ1n) is 6.78. The van der Waals surface area contributed by atoms with E-state index in [1.807, 2.05) is 11.8 Å². The van der Waals surface area contributed by atoms with Crippen LogP contribution in [0, 0.1) is 0 Å². The first-order valence-corrected chi connectivity index (χ1v) is 6.78. The average molecular weight is 264 g/mol. The maximum Gasteiger partial charge on any atom is 0.274 e. The maximum atomic E-state index is 12.3. The number of nitrogens with one attached hydrogen (secondary N) is 2. The van der Waals surface area contributed by atoms with E-state index in [0.717, 1.165) is 32.0 Å². The molecule has 1 atom stereocenters. The third-order valence-corrected chi connectivity index (χ3v) is 3.28. The van der Waals surface area contributed by atoms with Crippen molar-refractivity contribution in [3.63, 3.8) is 0 Å². The number of aromatic nitrogens is 2. The van der Waals surface area contributed by atoms with E-state index >= 15 is 0 Å². The molecule has 104 valence electrons. The fourth-order valence-corrected chi connectivity index (χ4v) is 2.35. The number of amides is 1. The molecule has 0 saturated carbocycles. The van der Waals surface area contributed by atoms with Crippen molar-refractivity contribution in [1.82, 2.24) is 20.2 Å². The zero-order valence-electron chi connectivity index (χ0n) is 11.2. The summed E-state index contributed by atoms with van der Waals surface area (Å²) in [6.45, 7) is 4.48. The van der Waals surface area contributed by atoms with Crippen LogP contribution in [0.15, 0.2) is 17.2 Å². The van der Waals surface area contributed by atoms with Crippen LogP contribution in [-0.4, -0.2) is 46.5 Å². The predicted molar refractivity (Wildman–Crippen MR) is 72.1 cm³/mol. The molecule has 1 saturated heterocycles. The molecule has 0 aromatic carbocycles. The summed E-state index contributed by atoms with van der Waals surface area (Å²) in [6.07, 6.45) is 5.70. The molecule has 0 bridgehead atoms. The monoisotopic (exact) mass is 264 g/mol. The highest BCUT2D eigenvalue weighted by Gasteiger charge is 2.22. The van der Waals surface area contributed by atoms with Crippen molar-refractivity contribution >= 4 is 5.91 Å². The number of carbonyl (C=O) groups excluding carboxylic acids is 1. The lowest BCUT2D eigenvalue weighted by molar-refractivity contribution is 0.0735. The molecule has 1 fully saturated rings. The summed E-state index contributed by atoms with van der Waals surface area (Å²) >= 11 is 0. The van der Waals surface area contributed by atoms with Crippen LogP contribution in [0.1, 0.15) is 36.7 Å². The minimum Gasteiger partial charge on any atom is -0.336 e. The van der Waals surface area contributed by atoms with Crippen molar-refractivity contribution in [3.8, 4) is 0 Å². The number of H-pyrrole nitrogens is 1. The zero-order valence-corrected chi connectivity index (χ0v) is 11.2. The normalized spacial score (nSPS) is 18.5. The molecule has 1 unspecified atom stereocenters. The topological polar surface area (TPSA) is 78.1 Å². The molecule has 6 heteroatoms. The number of carbonyl (C=O) groups is 1. The van der Waals surface area contributed by atoms with Gasteiger partial charge in [0.05, 0.1) is 6.20 Å². The van der Waals surface area contributed by atoms with Crippen molar-refractivity contribution in [2.45, 2.75) is 32.2 Å². The lowest BCUT2D eigenvalue weighted by Crippen LogP contribution is -2.42. The Bertz CT molecular complexity index is 459. The Labute approximate surface area is 112 Å². The van der Waals surface area contributed by atoms with Gasteiger partial charge in [-0.1, -0.05) is 6.92 Å². The fourth-order valence-electron chi connectivity index (χ4n) is 2.35. The second-order valence-corrected chi connectivity index (χ2v) is 4.84. The van der Waals surface area contributed by atoms with E-state index in [0.29, 0.717) is 24.8 Å². The largest absolute Gasteiger partial charge is 0.336 e. The van der Waals surface area contributed by atoms with Gasteiger partial charge in [0.25, 0.3) is 11.5 Å². The van der Waals surface area contributed by atoms with E-state index in [-0.39, 0.29) is 11.5 Å². The molecular weight excluding hydrogens is 244 g/mol. The highest BCUT2D eigenvalue weighted by Crippen LogP contribution is 2.09. The second-order valence-electron chi connectivity index (χ2n) is 4.84.